The van der Waals surface area contributed by atoms with Crippen molar-refractivity contribution in [2.75, 3.05) is 0 Å². The van der Waals surface area contributed by atoms with Crippen LogP contribution in [0.4, 0.5) is 4.39 Å². The number of benzene rings is 1. The van der Waals surface area contributed by atoms with E-state index in [1.165, 1.54) is 12.1 Å². The molecule has 0 saturated heterocycles. The van der Waals surface area contributed by atoms with Crippen LogP contribution in [-0.4, -0.2) is 9.30 Å². The third-order valence-electron chi connectivity index (χ3n) is 2.26. The SMILES string of the molecule is CC(N[S@+]([O-])C(C)(C)C)c1cc(F)ccc1Br. The van der Waals surface area contributed by atoms with Crippen molar-refractivity contribution in [1.82, 2.24) is 4.72 Å². The summed E-state index contributed by atoms with van der Waals surface area (Å²) < 4.78 is 28.5. The molecule has 1 N–H and O–H groups in total. The van der Waals surface area contributed by atoms with Crippen LogP contribution in [0.5, 0.6) is 0 Å². The summed E-state index contributed by atoms with van der Waals surface area (Å²) in [5.74, 6) is -0.293. The van der Waals surface area contributed by atoms with E-state index >= 15 is 0 Å². The quantitative estimate of drug-likeness (QED) is 0.861. The first-order valence-corrected chi connectivity index (χ1v) is 7.29. The molecule has 0 fully saturated rings. The molecule has 1 aromatic carbocycles. The molecular formula is C12H17BrFNOS. The Morgan fingerprint density at radius 1 is 1.41 bits per heavy atom. The Morgan fingerprint density at radius 2 is 2.00 bits per heavy atom. The monoisotopic (exact) mass is 321 g/mol. The molecule has 17 heavy (non-hydrogen) atoms. The van der Waals surface area contributed by atoms with Gasteiger partial charge in [-0.2, -0.15) is 0 Å². The second-order valence-electron chi connectivity index (χ2n) is 4.89. The highest BCUT2D eigenvalue weighted by molar-refractivity contribution is 9.10. The first-order valence-electron chi connectivity index (χ1n) is 5.35. The molecule has 0 heterocycles. The van der Waals surface area contributed by atoms with Gasteiger partial charge in [-0.3, -0.25) is 0 Å². The maximum atomic E-state index is 13.2. The molecule has 0 aliphatic carbocycles. The van der Waals surface area contributed by atoms with Gasteiger partial charge in [0.15, 0.2) is 0 Å². The van der Waals surface area contributed by atoms with Crippen LogP contribution in [0.3, 0.4) is 0 Å². The summed E-state index contributed by atoms with van der Waals surface area (Å²) >= 11 is 2.19. The first-order chi connectivity index (χ1) is 7.71. The van der Waals surface area contributed by atoms with E-state index in [1.54, 1.807) is 6.07 Å². The van der Waals surface area contributed by atoms with Gasteiger partial charge in [-0.25, -0.2) is 4.39 Å². The van der Waals surface area contributed by atoms with Crippen molar-refractivity contribution in [3.63, 3.8) is 0 Å². The molecule has 2 nitrogen and oxygen atoms in total. The van der Waals surface area contributed by atoms with Crippen LogP contribution in [0.2, 0.25) is 0 Å². The van der Waals surface area contributed by atoms with Crippen LogP contribution in [0.25, 0.3) is 0 Å². The fourth-order valence-corrected chi connectivity index (χ4v) is 2.64. The van der Waals surface area contributed by atoms with Gasteiger partial charge >= 0.3 is 0 Å². The average Bonchev–Trinajstić information content (AvgIpc) is 2.20. The smallest absolute Gasteiger partial charge is 0.136 e. The molecule has 0 aliphatic heterocycles. The second kappa shape index (κ2) is 5.69. The van der Waals surface area contributed by atoms with Gasteiger partial charge in [-0.1, -0.05) is 15.9 Å². The minimum absolute atomic E-state index is 0.180. The fourth-order valence-electron chi connectivity index (χ4n) is 1.25. The Labute approximate surface area is 113 Å². The van der Waals surface area contributed by atoms with Crippen LogP contribution in [-0.2, 0) is 11.4 Å². The number of hydrogen-bond donors (Lipinski definition) is 1. The number of rotatable bonds is 3. The lowest BCUT2D eigenvalue weighted by Gasteiger charge is -2.26. The van der Waals surface area contributed by atoms with Gasteiger partial charge in [0.25, 0.3) is 0 Å². The molecule has 0 bridgehead atoms. The van der Waals surface area contributed by atoms with E-state index in [0.29, 0.717) is 0 Å². The van der Waals surface area contributed by atoms with Crippen molar-refractivity contribution in [1.29, 1.82) is 0 Å². The minimum atomic E-state index is -1.18. The molecule has 0 saturated carbocycles. The summed E-state index contributed by atoms with van der Waals surface area (Å²) in [5.41, 5.74) is 0.766. The highest BCUT2D eigenvalue weighted by atomic mass is 79.9. The third kappa shape index (κ3) is 4.25. The predicted molar refractivity (Wildman–Crippen MR) is 73.5 cm³/mol. The summed E-state index contributed by atoms with van der Waals surface area (Å²) in [6, 6.07) is 4.31. The summed E-state index contributed by atoms with van der Waals surface area (Å²) in [6.07, 6.45) is 0. The number of hydrogen-bond acceptors (Lipinski definition) is 2. The molecule has 1 rings (SSSR count). The number of halogens is 2. The van der Waals surface area contributed by atoms with E-state index < -0.39 is 11.4 Å². The van der Waals surface area contributed by atoms with Crippen molar-refractivity contribution in [3.8, 4) is 0 Å². The molecule has 0 aromatic heterocycles. The van der Waals surface area contributed by atoms with Gasteiger partial charge in [0.05, 0.1) is 6.04 Å². The molecule has 2 atom stereocenters. The van der Waals surface area contributed by atoms with Crippen LogP contribution in [0, 0.1) is 5.82 Å². The van der Waals surface area contributed by atoms with Gasteiger partial charge in [0.2, 0.25) is 0 Å². The van der Waals surface area contributed by atoms with Crippen LogP contribution in [0.1, 0.15) is 39.3 Å². The molecule has 96 valence electrons. The molecule has 0 radical (unpaired) electrons. The fraction of sp³-hybridized carbons (Fsp3) is 0.500. The van der Waals surface area contributed by atoms with Crippen LogP contribution >= 0.6 is 15.9 Å². The zero-order valence-corrected chi connectivity index (χ0v) is 12.8. The lowest BCUT2D eigenvalue weighted by atomic mass is 10.1. The highest BCUT2D eigenvalue weighted by Crippen LogP contribution is 2.26. The molecule has 0 aliphatic rings. The lowest BCUT2D eigenvalue weighted by molar-refractivity contribution is 0.530. The van der Waals surface area contributed by atoms with E-state index in [0.717, 1.165) is 10.0 Å². The summed E-state index contributed by atoms with van der Waals surface area (Å²) in [4.78, 5) is 0. The summed E-state index contributed by atoms with van der Waals surface area (Å²) in [6.45, 7) is 7.54. The average molecular weight is 322 g/mol. The topological polar surface area (TPSA) is 35.1 Å². The standard InChI is InChI=1S/C12H17BrFNOS/c1-8(15-17(16)12(2,3)4)10-7-9(14)5-6-11(10)13/h5-8,15H,1-4H3/t8?,17-/m1/s1. The Balaban J connectivity index is 2.83. The number of nitrogens with one attached hydrogen (secondary N) is 1. The second-order valence-corrected chi connectivity index (χ2v) is 7.74. The molecule has 0 amide bonds. The largest absolute Gasteiger partial charge is 0.598 e. The Bertz CT molecular complexity index is 395. The third-order valence-corrected chi connectivity index (χ3v) is 4.67. The molecule has 1 aromatic rings. The van der Waals surface area contributed by atoms with E-state index in [2.05, 4.69) is 20.7 Å². The van der Waals surface area contributed by atoms with Crippen molar-refractivity contribution < 1.29 is 8.94 Å². The van der Waals surface area contributed by atoms with Gasteiger partial charge in [0.1, 0.15) is 10.6 Å². The highest BCUT2D eigenvalue weighted by Gasteiger charge is 2.28. The van der Waals surface area contributed by atoms with Gasteiger partial charge in [-0.15, -0.1) is 4.72 Å². The van der Waals surface area contributed by atoms with Gasteiger partial charge in [-0.05, 0) is 51.5 Å². The van der Waals surface area contributed by atoms with Crippen molar-refractivity contribution in [2.24, 2.45) is 0 Å². The van der Waals surface area contributed by atoms with E-state index in [-0.39, 0.29) is 16.6 Å². The maximum absolute atomic E-state index is 13.2. The van der Waals surface area contributed by atoms with Crippen LogP contribution in [0.15, 0.2) is 22.7 Å². The molecule has 0 spiro atoms. The van der Waals surface area contributed by atoms with E-state index in [1.807, 2.05) is 27.7 Å². The Kier molecular flexibility index (Phi) is 5.01. The predicted octanol–water partition coefficient (Wildman–Crippen LogP) is 3.70. The normalized spacial score (nSPS) is 15.7. The van der Waals surface area contributed by atoms with Crippen molar-refractivity contribution in [2.45, 2.75) is 38.5 Å². The molecule has 5 heteroatoms. The first kappa shape index (κ1) is 15.0. The van der Waals surface area contributed by atoms with Crippen molar-refractivity contribution >= 4 is 27.3 Å². The van der Waals surface area contributed by atoms with E-state index in [9.17, 15) is 8.94 Å². The zero-order valence-electron chi connectivity index (χ0n) is 10.4. The van der Waals surface area contributed by atoms with Gasteiger partial charge in [0, 0.05) is 15.8 Å². The Hall–Kier alpha value is -0.100. The molecular weight excluding hydrogens is 305 g/mol. The summed E-state index contributed by atoms with van der Waals surface area (Å²) in [7, 11) is 0. The maximum Gasteiger partial charge on any atom is 0.136 e. The van der Waals surface area contributed by atoms with Gasteiger partial charge < -0.3 is 4.55 Å². The lowest BCUT2D eigenvalue weighted by Crippen LogP contribution is -2.40. The summed E-state index contributed by atoms with van der Waals surface area (Å²) in [5, 5.41) is 0. The zero-order chi connectivity index (χ0) is 13.2. The van der Waals surface area contributed by atoms with E-state index in [4.69, 9.17) is 0 Å². The minimum Gasteiger partial charge on any atom is -0.598 e. The van der Waals surface area contributed by atoms with Crippen molar-refractivity contribution in [3.05, 3.63) is 34.1 Å². The Morgan fingerprint density at radius 3 is 2.53 bits per heavy atom. The van der Waals surface area contributed by atoms with Crippen LogP contribution < -0.4 is 4.72 Å². The molecule has 1 unspecified atom stereocenters.